The van der Waals surface area contributed by atoms with Crippen LogP contribution in [-0.2, 0) is 0 Å². The molecule has 0 saturated heterocycles. The number of halogens is 1. The van der Waals surface area contributed by atoms with Crippen molar-refractivity contribution in [3.05, 3.63) is 75.1 Å². The number of benzene rings is 2. The van der Waals surface area contributed by atoms with E-state index in [1.807, 2.05) is 0 Å². The Morgan fingerprint density at radius 1 is 1.03 bits per heavy atom. The monoisotopic (exact) mass is 415 g/mol. The van der Waals surface area contributed by atoms with Gasteiger partial charge in [-0.15, -0.1) is 0 Å². The normalized spacial score (nSPS) is 10.4. The van der Waals surface area contributed by atoms with E-state index in [4.69, 9.17) is 16.1 Å². The van der Waals surface area contributed by atoms with Gasteiger partial charge >= 0.3 is 11.8 Å². The molecule has 0 fully saturated rings. The zero-order valence-corrected chi connectivity index (χ0v) is 15.5. The van der Waals surface area contributed by atoms with Gasteiger partial charge in [0.15, 0.2) is 0 Å². The molecule has 10 nitrogen and oxygen atoms in total. The van der Waals surface area contributed by atoms with E-state index in [0.717, 1.165) is 0 Å². The van der Waals surface area contributed by atoms with Crippen molar-refractivity contribution < 1.29 is 19.0 Å². The number of nitro benzene ring substituents is 1. The Bertz CT molecular complexity index is 1050. The molecular formula is C18H14ClN5O5. The van der Waals surface area contributed by atoms with E-state index in [9.17, 15) is 19.7 Å². The highest BCUT2D eigenvalue weighted by Gasteiger charge is 2.17. The second-order valence-electron chi connectivity index (χ2n) is 5.72. The summed E-state index contributed by atoms with van der Waals surface area (Å²) in [7, 11) is 0. The predicted octanol–water partition coefficient (Wildman–Crippen LogP) is 2.46. The number of non-ortho nitro benzene ring substituents is 1. The van der Waals surface area contributed by atoms with E-state index < -0.39 is 10.8 Å². The minimum atomic E-state index is -0.613. The van der Waals surface area contributed by atoms with Gasteiger partial charge in [0.05, 0.1) is 15.5 Å². The van der Waals surface area contributed by atoms with Crippen LogP contribution in [0.5, 0.6) is 0 Å². The zero-order chi connectivity index (χ0) is 20.8. The number of carbonyl (C=O) groups excluding carboxylic acids is 2. The number of hydrogen-bond acceptors (Lipinski definition) is 7. The highest BCUT2D eigenvalue weighted by Crippen LogP contribution is 2.19. The van der Waals surface area contributed by atoms with Crippen molar-refractivity contribution >= 4 is 29.1 Å². The lowest BCUT2D eigenvalue weighted by Crippen LogP contribution is -2.34. The Labute approximate surface area is 169 Å². The molecule has 11 heteroatoms. The smallest absolute Gasteiger partial charge is 0.316 e. The van der Waals surface area contributed by atoms with E-state index in [2.05, 4.69) is 20.8 Å². The van der Waals surface area contributed by atoms with E-state index in [0.29, 0.717) is 16.1 Å². The average Bonchev–Trinajstić information content (AvgIpc) is 3.21. The van der Waals surface area contributed by atoms with Crippen molar-refractivity contribution in [1.29, 1.82) is 0 Å². The minimum absolute atomic E-state index is 0.0750. The first-order valence-corrected chi connectivity index (χ1v) is 8.73. The molecule has 0 saturated carbocycles. The third kappa shape index (κ3) is 4.93. The molecule has 0 radical (unpaired) electrons. The summed E-state index contributed by atoms with van der Waals surface area (Å²) in [5.74, 6) is -1.12. The molecule has 0 aliphatic carbocycles. The second kappa shape index (κ2) is 8.93. The molecule has 0 unspecified atom stereocenters. The molecule has 0 spiro atoms. The predicted molar refractivity (Wildman–Crippen MR) is 103 cm³/mol. The Hall–Kier alpha value is -3.79. The number of nitrogens with zero attached hydrogens (tertiary/aromatic N) is 3. The van der Waals surface area contributed by atoms with E-state index in [1.165, 1.54) is 24.3 Å². The van der Waals surface area contributed by atoms with Gasteiger partial charge in [0.1, 0.15) is 0 Å². The van der Waals surface area contributed by atoms with Crippen LogP contribution < -0.4 is 10.6 Å². The molecular weight excluding hydrogens is 402 g/mol. The summed E-state index contributed by atoms with van der Waals surface area (Å²) in [5.41, 5.74) is 0.726. The van der Waals surface area contributed by atoms with Crippen LogP contribution in [0.1, 0.15) is 21.0 Å². The van der Waals surface area contributed by atoms with Gasteiger partial charge in [0, 0.05) is 30.8 Å². The van der Waals surface area contributed by atoms with Crippen molar-refractivity contribution in [2.45, 2.75) is 0 Å². The summed E-state index contributed by atoms with van der Waals surface area (Å²) in [6.45, 7) is 0.295. The van der Waals surface area contributed by atoms with Crippen LogP contribution in [0.4, 0.5) is 5.69 Å². The van der Waals surface area contributed by atoms with Crippen molar-refractivity contribution in [3.8, 4) is 11.4 Å². The van der Waals surface area contributed by atoms with Gasteiger partial charge in [-0.2, -0.15) is 4.98 Å². The fraction of sp³-hybridized carbons (Fsp3) is 0.111. The molecule has 1 aromatic heterocycles. The van der Waals surface area contributed by atoms with Gasteiger partial charge in [-0.3, -0.25) is 19.7 Å². The molecule has 2 aromatic carbocycles. The highest BCUT2D eigenvalue weighted by atomic mass is 35.5. The number of amides is 2. The van der Waals surface area contributed by atoms with Gasteiger partial charge in [-0.25, -0.2) is 0 Å². The van der Waals surface area contributed by atoms with Crippen LogP contribution in [0.25, 0.3) is 11.4 Å². The molecule has 0 bridgehead atoms. The Balaban J connectivity index is 1.51. The SMILES string of the molecule is O=C(NCCNC(=O)c1ccccc1Cl)c1nc(-c2ccc([N+](=O)[O-])cc2)no1. The first-order valence-electron chi connectivity index (χ1n) is 8.35. The van der Waals surface area contributed by atoms with Crippen molar-refractivity contribution in [1.82, 2.24) is 20.8 Å². The molecule has 2 N–H and O–H groups in total. The molecule has 0 atom stereocenters. The quantitative estimate of drug-likeness (QED) is 0.343. The second-order valence-corrected chi connectivity index (χ2v) is 6.13. The Kier molecular flexibility index (Phi) is 6.15. The highest BCUT2D eigenvalue weighted by molar-refractivity contribution is 6.33. The van der Waals surface area contributed by atoms with Gasteiger partial charge in [0.2, 0.25) is 5.82 Å². The van der Waals surface area contributed by atoms with Crippen LogP contribution in [0.15, 0.2) is 53.1 Å². The molecule has 3 aromatic rings. The van der Waals surface area contributed by atoms with Gasteiger partial charge in [-0.05, 0) is 24.3 Å². The summed E-state index contributed by atoms with van der Waals surface area (Å²) in [6, 6.07) is 12.1. The molecule has 3 rings (SSSR count). The number of aromatic nitrogens is 2. The van der Waals surface area contributed by atoms with Gasteiger partial charge in [-0.1, -0.05) is 28.9 Å². The third-order valence-corrected chi connectivity index (χ3v) is 4.10. The first kappa shape index (κ1) is 20.0. The van der Waals surface area contributed by atoms with Gasteiger partial charge < -0.3 is 15.2 Å². The van der Waals surface area contributed by atoms with E-state index in [1.54, 1.807) is 24.3 Å². The van der Waals surface area contributed by atoms with Crippen LogP contribution >= 0.6 is 11.6 Å². The van der Waals surface area contributed by atoms with Crippen LogP contribution in [0.3, 0.4) is 0 Å². The van der Waals surface area contributed by atoms with E-state index in [-0.39, 0.29) is 36.4 Å². The summed E-state index contributed by atoms with van der Waals surface area (Å²) >= 11 is 5.95. The summed E-state index contributed by atoms with van der Waals surface area (Å²) in [5, 5.41) is 19.9. The maximum atomic E-state index is 12.1. The molecule has 0 aliphatic rings. The lowest BCUT2D eigenvalue weighted by atomic mass is 10.2. The molecule has 2 amide bonds. The van der Waals surface area contributed by atoms with Gasteiger partial charge in [0.25, 0.3) is 11.6 Å². The minimum Gasteiger partial charge on any atom is -0.350 e. The molecule has 1 heterocycles. The molecule has 0 aliphatic heterocycles. The largest absolute Gasteiger partial charge is 0.350 e. The Morgan fingerprint density at radius 2 is 1.69 bits per heavy atom. The number of nitro groups is 1. The van der Waals surface area contributed by atoms with Crippen molar-refractivity contribution in [3.63, 3.8) is 0 Å². The average molecular weight is 416 g/mol. The molecule has 148 valence electrons. The lowest BCUT2D eigenvalue weighted by molar-refractivity contribution is -0.384. The van der Waals surface area contributed by atoms with Crippen molar-refractivity contribution in [2.24, 2.45) is 0 Å². The number of rotatable bonds is 7. The Morgan fingerprint density at radius 3 is 2.34 bits per heavy atom. The first-order chi connectivity index (χ1) is 14.0. The number of hydrogen-bond donors (Lipinski definition) is 2. The maximum Gasteiger partial charge on any atom is 0.316 e. The summed E-state index contributed by atoms with van der Waals surface area (Å²) < 4.78 is 4.91. The summed E-state index contributed by atoms with van der Waals surface area (Å²) in [6.07, 6.45) is 0. The topological polar surface area (TPSA) is 140 Å². The fourth-order valence-electron chi connectivity index (χ4n) is 2.33. The molecule has 29 heavy (non-hydrogen) atoms. The third-order valence-electron chi connectivity index (χ3n) is 3.77. The zero-order valence-electron chi connectivity index (χ0n) is 14.8. The van der Waals surface area contributed by atoms with Crippen LogP contribution in [0, 0.1) is 10.1 Å². The number of carbonyl (C=O) groups is 2. The van der Waals surface area contributed by atoms with Crippen molar-refractivity contribution in [2.75, 3.05) is 13.1 Å². The van der Waals surface area contributed by atoms with E-state index >= 15 is 0 Å². The number of nitrogens with one attached hydrogen (secondary N) is 2. The standard InChI is InChI=1S/C18H14ClN5O5/c19-14-4-2-1-3-13(14)16(25)20-9-10-21-17(26)18-22-15(23-29-18)11-5-7-12(8-6-11)24(27)28/h1-8H,9-10H2,(H,20,25)(H,21,26). The lowest BCUT2D eigenvalue weighted by Gasteiger charge is -2.06. The maximum absolute atomic E-state index is 12.1. The van der Waals surface area contributed by atoms with Crippen LogP contribution in [0.2, 0.25) is 5.02 Å². The van der Waals surface area contributed by atoms with Crippen LogP contribution in [-0.4, -0.2) is 40.0 Å². The fourth-order valence-corrected chi connectivity index (χ4v) is 2.55. The summed E-state index contributed by atoms with van der Waals surface area (Å²) in [4.78, 5) is 38.2.